The summed E-state index contributed by atoms with van der Waals surface area (Å²) >= 11 is 0. The Morgan fingerprint density at radius 1 is 1.36 bits per heavy atom. The Labute approximate surface area is 85.8 Å². The number of rotatable bonds is 3. The molecule has 0 unspecified atom stereocenters. The summed E-state index contributed by atoms with van der Waals surface area (Å²) in [5.74, 6) is 0. The largest absolute Gasteiger partial charge is 0.444 e. The summed E-state index contributed by atoms with van der Waals surface area (Å²) in [6.07, 6.45) is 3.63. The number of ether oxygens (including phenoxy) is 1. The standard InChI is InChI=1S/C10H20N2O2/c1-11-10(13)14-9-8-12(2)6-4-3-5-7-12/h3-9H2,1-2H3/p+1. The van der Waals surface area contributed by atoms with Crippen molar-refractivity contribution in [2.24, 2.45) is 0 Å². The fourth-order valence-electron chi connectivity index (χ4n) is 1.93. The molecule has 0 aliphatic carbocycles. The molecule has 14 heavy (non-hydrogen) atoms. The SMILES string of the molecule is CNC(=O)OCC[N+]1(C)CCCCC1. The summed E-state index contributed by atoms with van der Waals surface area (Å²) in [6.45, 7) is 3.90. The molecule has 1 fully saturated rings. The summed E-state index contributed by atoms with van der Waals surface area (Å²) in [6, 6.07) is 0. The third-order valence-electron chi connectivity index (χ3n) is 2.96. The van der Waals surface area contributed by atoms with Crippen LogP contribution in [0.1, 0.15) is 19.3 Å². The van der Waals surface area contributed by atoms with Crippen LogP contribution in [0.15, 0.2) is 0 Å². The van der Waals surface area contributed by atoms with Crippen LogP contribution in [0.25, 0.3) is 0 Å². The van der Waals surface area contributed by atoms with Gasteiger partial charge in [0.25, 0.3) is 0 Å². The number of likely N-dealkylation sites (N-methyl/N-ethyl adjacent to an activating group) is 1. The first kappa shape index (κ1) is 11.3. The molecule has 1 aliphatic rings. The number of hydrogen-bond acceptors (Lipinski definition) is 2. The molecule has 0 atom stereocenters. The van der Waals surface area contributed by atoms with E-state index in [2.05, 4.69) is 12.4 Å². The fourth-order valence-corrected chi connectivity index (χ4v) is 1.93. The highest BCUT2D eigenvalue weighted by Crippen LogP contribution is 2.15. The van der Waals surface area contributed by atoms with Crippen molar-refractivity contribution in [1.29, 1.82) is 0 Å². The predicted molar refractivity (Wildman–Crippen MR) is 55.0 cm³/mol. The lowest BCUT2D eigenvalue weighted by atomic mass is 10.1. The lowest BCUT2D eigenvalue weighted by Gasteiger charge is -2.37. The maximum atomic E-state index is 10.8. The van der Waals surface area contributed by atoms with Crippen molar-refractivity contribution in [2.75, 3.05) is 40.3 Å². The van der Waals surface area contributed by atoms with Crippen LogP contribution >= 0.6 is 0 Å². The smallest absolute Gasteiger partial charge is 0.407 e. The molecular formula is C10H21N2O2+. The summed E-state index contributed by atoms with van der Waals surface area (Å²) in [5, 5.41) is 2.45. The van der Waals surface area contributed by atoms with E-state index < -0.39 is 0 Å². The van der Waals surface area contributed by atoms with E-state index in [-0.39, 0.29) is 6.09 Å². The van der Waals surface area contributed by atoms with E-state index in [0.717, 1.165) is 11.0 Å². The van der Waals surface area contributed by atoms with Gasteiger partial charge in [-0.15, -0.1) is 0 Å². The lowest BCUT2D eigenvalue weighted by molar-refractivity contribution is -0.914. The first-order valence-corrected chi connectivity index (χ1v) is 5.34. The van der Waals surface area contributed by atoms with E-state index >= 15 is 0 Å². The Hall–Kier alpha value is -0.770. The monoisotopic (exact) mass is 201 g/mol. The molecule has 0 spiro atoms. The van der Waals surface area contributed by atoms with Gasteiger partial charge >= 0.3 is 6.09 Å². The molecule has 0 saturated carbocycles. The van der Waals surface area contributed by atoms with Crippen LogP contribution in [0.4, 0.5) is 4.79 Å². The van der Waals surface area contributed by atoms with Gasteiger partial charge in [-0.05, 0) is 19.3 Å². The fraction of sp³-hybridized carbons (Fsp3) is 0.900. The average molecular weight is 201 g/mol. The van der Waals surface area contributed by atoms with Gasteiger partial charge in [-0.1, -0.05) is 0 Å². The van der Waals surface area contributed by atoms with E-state index in [0.29, 0.717) is 6.61 Å². The minimum absolute atomic E-state index is 0.325. The molecule has 1 N–H and O–H groups in total. The van der Waals surface area contributed by atoms with Gasteiger partial charge in [-0.25, -0.2) is 4.79 Å². The summed E-state index contributed by atoms with van der Waals surface area (Å²) in [7, 11) is 3.83. The predicted octanol–water partition coefficient (Wildman–Crippen LogP) is 0.973. The Morgan fingerprint density at radius 2 is 2.00 bits per heavy atom. The number of hydrogen-bond donors (Lipinski definition) is 1. The number of nitrogens with zero attached hydrogens (tertiary/aromatic N) is 1. The maximum absolute atomic E-state index is 10.8. The minimum atomic E-state index is -0.325. The number of carbonyl (C=O) groups excluding carboxylic acids is 1. The van der Waals surface area contributed by atoms with E-state index in [1.54, 1.807) is 7.05 Å². The number of quaternary nitrogens is 1. The second-order valence-electron chi connectivity index (χ2n) is 4.24. The molecule has 1 saturated heterocycles. The molecule has 82 valence electrons. The highest BCUT2D eigenvalue weighted by molar-refractivity contribution is 5.66. The molecule has 1 aliphatic heterocycles. The number of amides is 1. The van der Waals surface area contributed by atoms with Crippen LogP contribution in [-0.2, 0) is 4.74 Å². The summed E-state index contributed by atoms with van der Waals surface area (Å²) in [5.41, 5.74) is 0. The van der Waals surface area contributed by atoms with Crippen LogP contribution in [0.3, 0.4) is 0 Å². The Morgan fingerprint density at radius 3 is 2.57 bits per heavy atom. The topological polar surface area (TPSA) is 38.3 Å². The average Bonchev–Trinajstić information content (AvgIpc) is 2.18. The van der Waals surface area contributed by atoms with Crippen molar-refractivity contribution >= 4 is 6.09 Å². The molecular weight excluding hydrogens is 180 g/mol. The maximum Gasteiger partial charge on any atom is 0.407 e. The second kappa shape index (κ2) is 5.20. The van der Waals surface area contributed by atoms with Crippen LogP contribution in [0, 0.1) is 0 Å². The molecule has 4 heteroatoms. The molecule has 0 aromatic rings. The molecule has 4 nitrogen and oxygen atoms in total. The number of piperidine rings is 1. The third kappa shape index (κ3) is 3.54. The Balaban J connectivity index is 2.18. The van der Waals surface area contributed by atoms with Gasteiger partial charge in [0.1, 0.15) is 13.2 Å². The van der Waals surface area contributed by atoms with Crippen molar-refractivity contribution in [1.82, 2.24) is 5.32 Å². The molecule has 0 bridgehead atoms. The van der Waals surface area contributed by atoms with Gasteiger partial charge in [-0.2, -0.15) is 0 Å². The van der Waals surface area contributed by atoms with E-state index in [1.165, 1.54) is 32.4 Å². The molecule has 0 aromatic carbocycles. The zero-order chi connectivity index (χ0) is 10.4. The molecule has 1 amide bonds. The van der Waals surface area contributed by atoms with E-state index in [1.807, 2.05) is 0 Å². The molecule has 0 radical (unpaired) electrons. The molecule has 1 rings (SSSR count). The minimum Gasteiger partial charge on any atom is -0.444 e. The number of carbonyl (C=O) groups is 1. The van der Waals surface area contributed by atoms with Gasteiger partial charge in [0.15, 0.2) is 0 Å². The first-order valence-electron chi connectivity index (χ1n) is 5.34. The number of likely N-dealkylation sites (tertiary alicyclic amines) is 1. The first-order chi connectivity index (χ1) is 6.66. The van der Waals surface area contributed by atoms with Crippen molar-refractivity contribution < 1.29 is 14.0 Å². The van der Waals surface area contributed by atoms with E-state index in [9.17, 15) is 4.79 Å². The quantitative estimate of drug-likeness (QED) is 0.691. The number of nitrogens with one attached hydrogen (secondary N) is 1. The van der Waals surface area contributed by atoms with Gasteiger partial charge < -0.3 is 14.5 Å². The van der Waals surface area contributed by atoms with Crippen molar-refractivity contribution in [2.45, 2.75) is 19.3 Å². The van der Waals surface area contributed by atoms with Crippen LogP contribution in [0.2, 0.25) is 0 Å². The second-order valence-corrected chi connectivity index (χ2v) is 4.24. The van der Waals surface area contributed by atoms with Crippen molar-refractivity contribution in [3.05, 3.63) is 0 Å². The zero-order valence-electron chi connectivity index (χ0n) is 9.21. The normalized spacial score (nSPS) is 20.1. The number of alkyl carbamates (subject to hydrolysis) is 1. The van der Waals surface area contributed by atoms with Crippen LogP contribution in [0.5, 0.6) is 0 Å². The summed E-state index contributed by atoms with van der Waals surface area (Å²) in [4.78, 5) is 10.8. The Bertz CT molecular complexity index is 189. The zero-order valence-corrected chi connectivity index (χ0v) is 9.21. The van der Waals surface area contributed by atoms with Crippen molar-refractivity contribution in [3.63, 3.8) is 0 Å². The van der Waals surface area contributed by atoms with Crippen LogP contribution < -0.4 is 5.32 Å². The third-order valence-corrected chi connectivity index (χ3v) is 2.96. The van der Waals surface area contributed by atoms with Crippen molar-refractivity contribution in [3.8, 4) is 0 Å². The van der Waals surface area contributed by atoms with E-state index in [4.69, 9.17) is 4.74 Å². The molecule has 1 heterocycles. The lowest BCUT2D eigenvalue weighted by Crippen LogP contribution is -2.50. The van der Waals surface area contributed by atoms with Gasteiger partial charge in [-0.3, -0.25) is 0 Å². The highest BCUT2D eigenvalue weighted by atomic mass is 16.5. The van der Waals surface area contributed by atoms with Crippen LogP contribution in [-0.4, -0.2) is 50.9 Å². The Kier molecular flexibility index (Phi) is 4.20. The van der Waals surface area contributed by atoms with Gasteiger partial charge in [0, 0.05) is 7.05 Å². The van der Waals surface area contributed by atoms with Gasteiger partial charge in [0.05, 0.1) is 20.1 Å². The molecule has 0 aromatic heterocycles. The summed E-state index contributed by atoms with van der Waals surface area (Å²) < 4.78 is 6.05. The highest BCUT2D eigenvalue weighted by Gasteiger charge is 2.24. The van der Waals surface area contributed by atoms with Gasteiger partial charge in [0.2, 0.25) is 0 Å².